The summed E-state index contributed by atoms with van der Waals surface area (Å²) in [5.41, 5.74) is -7.30. The van der Waals surface area contributed by atoms with E-state index in [1.165, 1.54) is 26.0 Å². The molecule has 1 amide bonds. The van der Waals surface area contributed by atoms with Gasteiger partial charge in [-0.1, -0.05) is 74.5 Å². The van der Waals surface area contributed by atoms with Gasteiger partial charge in [-0.2, -0.15) is 0 Å². The van der Waals surface area contributed by atoms with Gasteiger partial charge in [0.2, 0.25) is 0 Å². The number of rotatable bonds is 5. The van der Waals surface area contributed by atoms with Crippen molar-refractivity contribution in [3.05, 3.63) is 125 Å². The summed E-state index contributed by atoms with van der Waals surface area (Å²) in [7, 11) is 0. The molecule has 3 aliphatic carbocycles. The van der Waals surface area contributed by atoms with Crippen LogP contribution >= 0.6 is 0 Å². The van der Waals surface area contributed by atoms with E-state index < -0.39 is 113 Å². The molecule has 1 saturated heterocycles. The smallest absolute Gasteiger partial charge is 0.338 e. The first-order valence-electron chi connectivity index (χ1n) is 22.4. The van der Waals surface area contributed by atoms with Crippen LogP contribution in [-0.4, -0.2) is 112 Å². The molecular weight excluding hydrogens is 867 g/mol. The van der Waals surface area contributed by atoms with Crippen LogP contribution in [0.5, 0.6) is 5.75 Å². The molecule has 16 heteroatoms. The van der Waals surface area contributed by atoms with Gasteiger partial charge in [-0.3, -0.25) is 19.2 Å². The number of ether oxygens (including phenoxy) is 6. The van der Waals surface area contributed by atoms with Gasteiger partial charge in [0.25, 0.3) is 5.91 Å². The number of Topliss-reactive ketones (excluding diaryl/α,β-unsaturated/α-hetero) is 1. The number of amides is 1. The van der Waals surface area contributed by atoms with Crippen LogP contribution in [0.15, 0.2) is 108 Å². The molecule has 354 valence electrons. The maximum atomic E-state index is 15.7. The lowest BCUT2D eigenvalue weighted by atomic mass is 9.44. The lowest BCUT2D eigenvalue weighted by molar-refractivity contribution is -0.346. The van der Waals surface area contributed by atoms with Crippen LogP contribution in [0.4, 0.5) is 0 Å². The van der Waals surface area contributed by atoms with Crippen molar-refractivity contribution in [1.29, 1.82) is 0 Å². The lowest BCUT2D eigenvalue weighted by Crippen LogP contribution is -2.82. The van der Waals surface area contributed by atoms with Crippen LogP contribution in [0, 0.1) is 16.7 Å². The minimum Gasteiger partial charge on any atom is -0.490 e. The summed E-state index contributed by atoms with van der Waals surface area (Å²) >= 11 is 0. The van der Waals surface area contributed by atoms with Crippen LogP contribution in [-0.2, 0) is 42.9 Å². The van der Waals surface area contributed by atoms with E-state index >= 15 is 4.79 Å². The summed E-state index contributed by atoms with van der Waals surface area (Å²) in [5, 5.41) is 40.9. The van der Waals surface area contributed by atoms with Gasteiger partial charge in [0, 0.05) is 37.2 Å². The van der Waals surface area contributed by atoms with Gasteiger partial charge < -0.3 is 49.1 Å². The highest BCUT2D eigenvalue weighted by molar-refractivity contribution is 5.96. The van der Waals surface area contributed by atoms with E-state index in [9.17, 15) is 39.3 Å². The normalized spacial score (nSPS) is 33.8. The molecule has 3 aromatic rings. The molecule has 1 spiro atoms. The molecular formula is C51H55NO15. The first kappa shape index (κ1) is 47.3. The van der Waals surface area contributed by atoms with Crippen molar-refractivity contribution in [2.45, 2.75) is 114 Å². The maximum absolute atomic E-state index is 15.7. The van der Waals surface area contributed by atoms with Gasteiger partial charge in [0.15, 0.2) is 23.6 Å². The Labute approximate surface area is 387 Å². The fourth-order valence-corrected chi connectivity index (χ4v) is 10.8. The van der Waals surface area contributed by atoms with Gasteiger partial charge in [0.1, 0.15) is 36.3 Å². The van der Waals surface area contributed by atoms with E-state index in [4.69, 9.17) is 28.4 Å². The fourth-order valence-electron chi connectivity index (χ4n) is 10.8. The quantitative estimate of drug-likeness (QED) is 0.158. The molecule has 6 bridgehead atoms. The van der Waals surface area contributed by atoms with Crippen molar-refractivity contribution in [3.8, 4) is 5.75 Å². The topological polar surface area (TPSA) is 231 Å². The Morgan fingerprint density at radius 2 is 1.55 bits per heavy atom. The molecule has 67 heavy (non-hydrogen) atoms. The summed E-state index contributed by atoms with van der Waals surface area (Å²) in [6.45, 7) is 6.89. The molecule has 2 saturated carbocycles. The van der Waals surface area contributed by atoms with Crippen LogP contribution < -0.4 is 10.1 Å². The predicted molar refractivity (Wildman–Crippen MR) is 236 cm³/mol. The SMILES string of the molecule is CC(=O)O[C@H]1C(=O)[C@@]2(C)[C@@H]3[C@H](OC(=O)c4ccccc4)[C@]4(O)C[C@H](OC(=O)C(O)C(NC(=O)c5ccccc5)c5cccc(c5)OCC=CCCC(=O)O[C@]35CO[C@@H]5C[C@@H]2O)C(C)=C1C4(C)C. The first-order valence-corrected chi connectivity index (χ1v) is 22.4. The number of fused-ring (bicyclic) bond motifs is 4. The number of esters is 4. The van der Waals surface area contributed by atoms with E-state index in [0.717, 1.165) is 6.92 Å². The number of carbonyl (C=O) groups excluding carboxylic acids is 6. The second-order valence-corrected chi connectivity index (χ2v) is 18.7. The second kappa shape index (κ2) is 18.1. The third-order valence-corrected chi connectivity index (χ3v) is 14.5. The molecule has 3 fully saturated rings. The average molecular weight is 922 g/mol. The van der Waals surface area contributed by atoms with Crippen molar-refractivity contribution in [1.82, 2.24) is 5.32 Å². The number of hydrogen-bond donors (Lipinski definition) is 4. The van der Waals surface area contributed by atoms with Crippen molar-refractivity contribution in [2.75, 3.05) is 13.2 Å². The molecule has 0 aromatic heterocycles. The molecule has 11 atom stereocenters. The summed E-state index contributed by atoms with van der Waals surface area (Å²) in [5.74, 6) is -6.55. The summed E-state index contributed by atoms with van der Waals surface area (Å²) in [6.07, 6.45) is -7.35. The zero-order valence-corrected chi connectivity index (χ0v) is 37.8. The Morgan fingerprint density at radius 1 is 0.866 bits per heavy atom. The van der Waals surface area contributed by atoms with Crippen molar-refractivity contribution in [2.24, 2.45) is 16.7 Å². The van der Waals surface area contributed by atoms with E-state index in [0.29, 0.717) is 5.75 Å². The van der Waals surface area contributed by atoms with Gasteiger partial charge in [-0.05, 0) is 73.4 Å². The monoisotopic (exact) mass is 921 g/mol. The molecule has 8 rings (SSSR count). The number of nitrogens with one attached hydrogen (secondary N) is 1. The summed E-state index contributed by atoms with van der Waals surface area (Å²) in [4.78, 5) is 85.6. The highest BCUT2D eigenvalue weighted by Crippen LogP contribution is 2.64. The Morgan fingerprint density at radius 3 is 2.21 bits per heavy atom. The maximum Gasteiger partial charge on any atom is 0.338 e. The molecule has 3 aromatic carbocycles. The second-order valence-electron chi connectivity index (χ2n) is 18.7. The molecule has 5 aliphatic rings. The third kappa shape index (κ3) is 8.23. The zero-order chi connectivity index (χ0) is 48.1. The zero-order valence-electron chi connectivity index (χ0n) is 37.8. The number of ketones is 1. The van der Waals surface area contributed by atoms with Crippen molar-refractivity contribution in [3.63, 3.8) is 0 Å². The van der Waals surface area contributed by atoms with E-state index in [1.807, 2.05) is 0 Å². The highest BCUT2D eigenvalue weighted by atomic mass is 16.6. The Kier molecular flexibility index (Phi) is 12.8. The predicted octanol–water partition coefficient (Wildman–Crippen LogP) is 4.44. The standard InChI is InChI=1S/C51H55NO15/c1-28-34-26-51(61)44(66-46(59)31-18-11-7-12-19-31)42-49(5,43(57)41(64-29(2)53)38(28)48(51,3)4)35(54)25-36-50(42,27-63-36)67-37(55)22-13-8-14-23-62-33-21-15-20-32(24-33)39(40(56)47(60)65-34)52-45(58)30-16-9-6-10-17-30/h6-12,14-21,24,34-36,39-42,44,54,56,61H,13,22-23,25-27H2,1-5H3,(H,52,58)/t34-,35-,36+,39?,40?,41+,42-,44-,49+,50-,51+/m0/s1. The summed E-state index contributed by atoms with van der Waals surface area (Å²) < 4.78 is 37.0. The average Bonchev–Trinajstić information content (AvgIpc) is 3.30. The van der Waals surface area contributed by atoms with Gasteiger partial charge in [0.05, 0.1) is 35.6 Å². The number of aliphatic hydroxyl groups excluding tert-OH is 2. The number of benzene rings is 3. The van der Waals surface area contributed by atoms with Gasteiger partial charge in [-0.25, -0.2) is 9.59 Å². The van der Waals surface area contributed by atoms with E-state index in [-0.39, 0.29) is 60.3 Å². The van der Waals surface area contributed by atoms with Crippen molar-refractivity contribution >= 4 is 35.6 Å². The van der Waals surface area contributed by atoms with Crippen LogP contribution in [0.25, 0.3) is 0 Å². The number of aliphatic hydroxyl groups is 3. The number of hydrogen-bond acceptors (Lipinski definition) is 15. The third-order valence-electron chi connectivity index (χ3n) is 14.5. The minimum absolute atomic E-state index is 0.0108. The van der Waals surface area contributed by atoms with Gasteiger partial charge >= 0.3 is 23.9 Å². The Bertz CT molecular complexity index is 2500. The fraction of sp³-hybridized carbons (Fsp3) is 0.451. The minimum atomic E-state index is -2.42. The van der Waals surface area contributed by atoms with Gasteiger partial charge in [-0.15, -0.1) is 0 Å². The number of carbonyl (C=O) groups is 6. The summed E-state index contributed by atoms with van der Waals surface area (Å²) in [6, 6.07) is 21.0. The van der Waals surface area contributed by atoms with E-state index in [1.54, 1.807) is 98.8 Å². The number of allylic oxidation sites excluding steroid dienone is 1. The highest BCUT2D eigenvalue weighted by Gasteiger charge is 2.78. The molecule has 2 heterocycles. The molecule has 2 aliphatic heterocycles. The van der Waals surface area contributed by atoms with Crippen molar-refractivity contribution < 1.29 is 72.5 Å². The van der Waals surface area contributed by atoms with E-state index in [2.05, 4.69) is 5.32 Å². The largest absolute Gasteiger partial charge is 0.490 e. The van der Waals surface area contributed by atoms with Crippen LogP contribution in [0.3, 0.4) is 0 Å². The first-order chi connectivity index (χ1) is 31.8. The molecule has 4 N–H and O–H groups in total. The Balaban J connectivity index is 1.33. The van der Waals surface area contributed by atoms with Crippen LogP contribution in [0.2, 0.25) is 0 Å². The lowest BCUT2D eigenvalue weighted by Gasteiger charge is -2.67. The van der Waals surface area contributed by atoms with Crippen LogP contribution in [0.1, 0.15) is 92.6 Å². The Hall–Kier alpha value is -6.20. The molecule has 16 nitrogen and oxygen atoms in total. The molecule has 2 unspecified atom stereocenters. The molecule has 0 radical (unpaired) electrons.